The van der Waals surface area contributed by atoms with Gasteiger partial charge in [0.25, 0.3) is 5.79 Å². The molecule has 0 spiro atoms. The van der Waals surface area contributed by atoms with Crippen molar-refractivity contribution in [1.82, 2.24) is 6.15 Å². The standard InChI is InChI=1S/C9H6O4.H3N/c10-7-5-3-1-2-4-6(5)8(11)9(7,12)13;/h1-4,12-13H;1H3. The van der Waals surface area contributed by atoms with Gasteiger partial charge in [-0.2, -0.15) is 0 Å². The minimum Gasteiger partial charge on any atom is -0.353 e. The van der Waals surface area contributed by atoms with Crippen molar-refractivity contribution in [3.05, 3.63) is 35.4 Å². The van der Waals surface area contributed by atoms with Crippen LogP contribution in [0.2, 0.25) is 0 Å². The molecule has 74 valence electrons. The lowest BCUT2D eigenvalue weighted by Gasteiger charge is -2.08. The predicted molar refractivity (Wildman–Crippen MR) is 47.3 cm³/mol. The SMILES string of the molecule is N.O=C1c2ccccc2C(=O)C1(O)O. The summed E-state index contributed by atoms with van der Waals surface area (Å²) in [6.07, 6.45) is 0. The molecule has 5 N–H and O–H groups in total. The summed E-state index contributed by atoms with van der Waals surface area (Å²) in [5.74, 6) is -4.76. The predicted octanol–water partition coefficient (Wildman–Crippen LogP) is -0.0915. The Bertz CT molecular complexity index is 374. The first-order chi connectivity index (χ1) is 6.05. The second kappa shape index (κ2) is 2.98. The number of ketones is 2. The summed E-state index contributed by atoms with van der Waals surface area (Å²) in [7, 11) is 0. The van der Waals surface area contributed by atoms with Gasteiger partial charge in [-0.15, -0.1) is 0 Å². The van der Waals surface area contributed by atoms with Crippen LogP contribution in [0.3, 0.4) is 0 Å². The first-order valence-corrected chi connectivity index (χ1v) is 3.68. The second-order valence-corrected chi connectivity index (χ2v) is 2.88. The Morgan fingerprint density at radius 2 is 1.29 bits per heavy atom. The third-order valence-corrected chi connectivity index (χ3v) is 2.05. The fourth-order valence-corrected chi connectivity index (χ4v) is 1.36. The smallest absolute Gasteiger partial charge is 0.295 e. The maximum absolute atomic E-state index is 11.2. The maximum Gasteiger partial charge on any atom is 0.295 e. The Kier molecular flexibility index (Phi) is 2.24. The number of Topliss-reactive ketones (excluding diaryl/α,β-unsaturated/α-hetero) is 2. The van der Waals surface area contributed by atoms with Crippen LogP contribution < -0.4 is 6.15 Å². The minimum atomic E-state index is -2.86. The molecule has 0 heterocycles. The van der Waals surface area contributed by atoms with Gasteiger partial charge in [-0.05, 0) is 0 Å². The summed E-state index contributed by atoms with van der Waals surface area (Å²) >= 11 is 0. The first kappa shape index (κ1) is 10.5. The van der Waals surface area contributed by atoms with E-state index in [1.807, 2.05) is 0 Å². The van der Waals surface area contributed by atoms with Gasteiger partial charge in [0, 0.05) is 11.1 Å². The lowest BCUT2D eigenvalue weighted by atomic mass is 10.1. The fourth-order valence-electron chi connectivity index (χ4n) is 1.36. The van der Waals surface area contributed by atoms with Gasteiger partial charge < -0.3 is 16.4 Å². The molecule has 0 saturated carbocycles. The molecule has 1 aliphatic carbocycles. The molecule has 0 aromatic heterocycles. The van der Waals surface area contributed by atoms with E-state index >= 15 is 0 Å². The van der Waals surface area contributed by atoms with E-state index in [1.54, 1.807) is 12.1 Å². The average molecular weight is 195 g/mol. The van der Waals surface area contributed by atoms with E-state index in [2.05, 4.69) is 0 Å². The minimum absolute atomic E-state index is 0. The van der Waals surface area contributed by atoms with E-state index in [9.17, 15) is 9.59 Å². The van der Waals surface area contributed by atoms with Gasteiger partial charge >= 0.3 is 0 Å². The van der Waals surface area contributed by atoms with E-state index in [1.165, 1.54) is 12.1 Å². The summed E-state index contributed by atoms with van der Waals surface area (Å²) in [6, 6.07) is 5.91. The number of rotatable bonds is 0. The van der Waals surface area contributed by atoms with Crippen molar-refractivity contribution >= 4 is 11.6 Å². The molecule has 0 radical (unpaired) electrons. The van der Waals surface area contributed by atoms with Gasteiger partial charge in [0.1, 0.15) is 0 Å². The van der Waals surface area contributed by atoms with E-state index in [4.69, 9.17) is 10.2 Å². The number of carbonyl (C=O) groups excluding carboxylic acids is 2. The lowest BCUT2D eigenvalue weighted by molar-refractivity contribution is -0.0857. The third kappa shape index (κ3) is 1.07. The zero-order valence-corrected chi connectivity index (χ0v) is 7.23. The van der Waals surface area contributed by atoms with Crippen molar-refractivity contribution in [2.24, 2.45) is 0 Å². The lowest BCUT2D eigenvalue weighted by Crippen LogP contribution is -2.40. The summed E-state index contributed by atoms with van der Waals surface area (Å²) in [5.41, 5.74) is 0.134. The van der Waals surface area contributed by atoms with Crippen molar-refractivity contribution < 1.29 is 19.8 Å². The molecule has 1 aliphatic rings. The van der Waals surface area contributed by atoms with Gasteiger partial charge in [0.2, 0.25) is 11.6 Å². The Hall–Kier alpha value is -1.56. The molecule has 0 unspecified atom stereocenters. The number of benzene rings is 1. The third-order valence-electron chi connectivity index (χ3n) is 2.05. The molecule has 0 fully saturated rings. The number of hydrogen-bond acceptors (Lipinski definition) is 5. The van der Waals surface area contributed by atoms with Crippen molar-refractivity contribution in [2.45, 2.75) is 5.79 Å². The topological polar surface area (TPSA) is 110 Å². The van der Waals surface area contributed by atoms with Crippen molar-refractivity contribution in [2.75, 3.05) is 0 Å². The van der Waals surface area contributed by atoms with Crippen LogP contribution >= 0.6 is 0 Å². The monoisotopic (exact) mass is 195 g/mol. The van der Waals surface area contributed by atoms with Crippen LogP contribution in [0, 0.1) is 0 Å². The molecule has 5 heteroatoms. The zero-order chi connectivity index (χ0) is 9.64. The second-order valence-electron chi connectivity index (χ2n) is 2.88. The van der Waals surface area contributed by atoms with Crippen LogP contribution in [0.5, 0.6) is 0 Å². The van der Waals surface area contributed by atoms with Crippen LogP contribution in [-0.4, -0.2) is 27.6 Å². The van der Waals surface area contributed by atoms with Gasteiger partial charge in [-0.25, -0.2) is 0 Å². The molecular weight excluding hydrogens is 186 g/mol. The fraction of sp³-hybridized carbons (Fsp3) is 0.111. The van der Waals surface area contributed by atoms with E-state index in [0.29, 0.717) is 0 Å². The van der Waals surface area contributed by atoms with Crippen LogP contribution in [0.1, 0.15) is 20.7 Å². The average Bonchev–Trinajstić information content (AvgIpc) is 2.30. The zero-order valence-electron chi connectivity index (χ0n) is 7.23. The van der Waals surface area contributed by atoms with Crippen LogP contribution in [0.25, 0.3) is 0 Å². The van der Waals surface area contributed by atoms with Crippen molar-refractivity contribution in [3.63, 3.8) is 0 Å². The van der Waals surface area contributed by atoms with Gasteiger partial charge in [-0.1, -0.05) is 24.3 Å². The highest BCUT2D eigenvalue weighted by Gasteiger charge is 2.50. The van der Waals surface area contributed by atoms with E-state index in [-0.39, 0.29) is 17.3 Å². The number of carbonyl (C=O) groups is 2. The van der Waals surface area contributed by atoms with E-state index < -0.39 is 17.4 Å². The molecule has 14 heavy (non-hydrogen) atoms. The van der Waals surface area contributed by atoms with Crippen molar-refractivity contribution in [1.29, 1.82) is 0 Å². The molecule has 0 saturated heterocycles. The Morgan fingerprint density at radius 3 is 1.64 bits per heavy atom. The first-order valence-electron chi connectivity index (χ1n) is 3.68. The Morgan fingerprint density at radius 1 is 0.929 bits per heavy atom. The molecule has 5 nitrogen and oxygen atoms in total. The van der Waals surface area contributed by atoms with E-state index in [0.717, 1.165) is 0 Å². The van der Waals surface area contributed by atoms with Crippen LogP contribution in [0.15, 0.2) is 24.3 Å². The van der Waals surface area contributed by atoms with Gasteiger partial charge in [0.15, 0.2) is 0 Å². The summed E-state index contributed by atoms with van der Waals surface area (Å²) in [4.78, 5) is 22.4. The number of hydrogen-bond donors (Lipinski definition) is 3. The maximum atomic E-state index is 11.2. The van der Waals surface area contributed by atoms with Gasteiger partial charge in [-0.3, -0.25) is 9.59 Å². The Labute approximate surface area is 79.6 Å². The quantitative estimate of drug-likeness (QED) is 0.396. The highest BCUT2D eigenvalue weighted by Crippen LogP contribution is 2.27. The number of fused-ring (bicyclic) bond motifs is 1. The molecule has 1 aromatic carbocycles. The number of aliphatic hydroxyl groups is 2. The molecule has 1 aromatic rings. The molecule has 0 amide bonds. The summed E-state index contributed by atoms with van der Waals surface area (Å²) in [6.45, 7) is 0. The highest BCUT2D eigenvalue weighted by atomic mass is 16.5. The molecule has 0 atom stereocenters. The van der Waals surface area contributed by atoms with Crippen LogP contribution in [0.4, 0.5) is 0 Å². The van der Waals surface area contributed by atoms with Crippen LogP contribution in [-0.2, 0) is 0 Å². The summed E-state index contributed by atoms with van der Waals surface area (Å²) in [5, 5.41) is 18.2. The normalized spacial score (nSPS) is 17.6. The Balaban J connectivity index is 0.000000980. The largest absolute Gasteiger partial charge is 0.353 e. The highest BCUT2D eigenvalue weighted by molar-refractivity contribution is 6.30. The molecule has 0 bridgehead atoms. The van der Waals surface area contributed by atoms with Gasteiger partial charge in [0.05, 0.1) is 0 Å². The van der Waals surface area contributed by atoms with Crippen molar-refractivity contribution in [3.8, 4) is 0 Å². The molecule has 2 rings (SSSR count). The molecular formula is C9H9NO4. The molecule has 0 aliphatic heterocycles. The summed E-state index contributed by atoms with van der Waals surface area (Å²) < 4.78 is 0.